The summed E-state index contributed by atoms with van der Waals surface area (Å²) in [4.78, 5) is 15.2. The van der Waals surface area contributed by atoms with E-state index in [0.29, 0.717) is 17.5 Å². The van der Waals surface area contributed by atoms with E-state index in [9.17, 15) is 0 Å². The van der Waals surface area contributed by atoms with Crippen LogP contribution in [0.1, 0.15) is 0 Å². The maximum atomic E-state index is 6.66. The van der Waals surface area contributed by atoms with Gasteiger partial charge >= 0.3 is 0 Å². The molecule has 0 atom stereocenters. The van der Waals surface area contributed by atoms with E-state index in [4.69, 9.17) is 23.8 Å². The molecule has 4 aromatic heterocycles. The Morgan fingerprint density at radius 3 is 1.51 bits per heavy atom. The highest BCUT2D eigenvalue weighted by Crippen LogP contribution is 2.40. The molecule has 0 radical (unpaired) electrons. The molecule has 12 rings (SSSR count). The van der Waals surface area contributed by atoms with E-state index in [1.807, 2.05) is 36.4 Å². The molecule has 12 aromatic rings. The van der Waals surface area contributed by atoms with Gasteiger partial charge in [-0.3, -0.25) is 0 Å². The summed E-state index contributed by atoms with van der Waals surface area (Å²) < 4.78 is 15.3. The van der Waals surface area contributed by atoms with Crippen LogP contribution in [0.2, 0.25) is 0 Å². The largest absolute Gasteiger partial charge is 0.456 e. The molecule has 0 bridgehead atoms. The average Bonchev–Trinajstić information content (AvgIpc) is 3.94. The zero-order valence-corrected chi connectivity index (χ0v) is 30.4. The fraction of sp³-hybridized carbons (Fsp3) is 0. The summed E-state index contributed by atoms with van der Waals surface area (Å²) in [6.45, 7) is 0. The normalized spacial score (nSPS) is 11.9. The Labute approximate surface area is 325 Å². The lowest BCUT2D eigenvalue weighted by molar-refractivity contribution is 0.669. The van der Waals surface area contributed by atoms with Crippen molar-refractivity contribution in [2.24, 2.45) is 0 Å². The van der Waals surface area contributed by atoms with Crippen LogP contribution in [0.25, 0.3) is 117 Å². The van der Waals surface area contributed by atoms with Gasteiger partial charge in [0.05, 0.1) is 11.0 Å². The van der Waals surface area contributed by atoms with Crippen molar-refractivity contribution < 1.29 is 8.83 Å². The highest BCUT2D eigenvalue weighted by atomic mass is 16.3. The molecule has 4 heterocycles. The average molecular weight is 731 g/mol. The highest BCUT2D eigenvalue weighted by molar-refractivity contribution is 6.17. The van der Waals surface area contributed by atoms with Gasteiger partial charge < -0.3 is 13.4 Å². The van der Waals surface area contributed by atoms with Gasteiger partial charge in [0.15, 0.2) is 17.5 Å². The lowest BCUT2D eigenvalue weighted by atomic mass is 10.0. The van der Waals surface area contributed by atoms with Gasteiger partial charge in [-0.2, -0.15) is 0 Å². The van der Waals surface area contributed by atoms with Crippen molar-refractivity contribution >= 4 is 65.7 Å². The van der Waals surface area contributed by atoms with E-state index >= 15 is 0 Å². The predicted molar refractivity (Wildman–Crippen MR) is 230 cm³/mol. The summed E-state index contributed by atoms with van der Waals surface area (Å²) in [6.07, 6.45) is 0. The van der Waals surface area contributed by atoms with Crippen LogP contribution in [0.15, 0.2) is 191 Å². The van der Waals surface area contributed by atoms with Gasteiger partial charge in [-0.15, -0.1) is 0 Å². The molecule has 0 aliphatic carbocycles. The number of para-hydroxylation sites is 3. The quantitative estimate of drug-likeness (QED) is 0.176. The standard InChI is InChI=1S/C51H30N4O2/c1-3-11-31(12-4-1)32-19-21-33(22-20-32)49-52-50(34-23-25-39-38-16-8-10-18-45(38)56-46(39)27-34)54-51(53-49)35-24-26-40-42-29-44-41(30-48(42)57-47(40)28-35)37-15-7-9-17-43(37)55(44)36-13-5-2-6-14-36/h1-30H. The minimum absolute atomic E-state index is 0.556. The third kappa shape index (κ3) is 5.08. The van der Waals surface area contributed by atoms with E-state index in [1.165, 1.54) is 5.39 Å². The number of nitrogens with zero attached hydrogens (tertiary/aromatic N) is 4. The molecule has 0 unspecified atom stereocenters. The topological polar surface area (TPSA) is 69.9 Å². The second-order valence-electron chi connectivity index (χ2n) is 14.4. The van der Waals surface area contributed by atoms with Crippen molar-refractivity contribution in [2.75, 3.05) is 0 Å². The fourth-order valence-corrected chi connectivity index (χ4v) is 8.30. The number of fused-ring (bicyclic) bond motifs is 9. The Morgan fingerprint density at radius 1 is 0.298 bits per heavy atom. The van der Waals surface area contributed by atoms with E-state index in [1.54, 1.807) is 0 Å². The van der Waals surface area contributed by atoms with Crippen LogP contribution in [0.5, 0.6) is 0 Å². The van der Waals surface area contributed by atoms with Gasteiger partial charge in [-0.25, -0.2) is 15.0 Å². The molecule has 0 N–H and O–H groups in total. The van der Waals surface area contributed by atoms with Crippen molar-refractivity contribution in [3.63, 3.8) is 0 Å². The van der Waals surface area contributed by atoms with Crippen LogP contribution in [0.4, 0.5) is 0 Å². The molecule has 6 nitrogen and oxygen atoms in total. The van der Waals surface area contributed by atoms with E-state index in [-0.39, 0.29) is 0 Å². The fourth-order valence-electron chi connectivity index (χ4n) is 8.30. The predicted octanol–water partition coefficient (Wildman–Crippen LogP) is 13.4. The van der Waals surface area contributed by atoms with Gasteiger partial charge in [0.1, 0.15) is 22.3 Å². The van der Waals surface area contributed by atoms with Gasteiger partial charge in [-0.1, -0.05) is 121 Å². The highest BCUT2D eigenvalue weighted by Gasteiger charge is 2.19. The van der Waals surface area contributed by atoms with E-state index in [0.717, 1.165) is 93.8 Å². The number of hydrogen-bond donors (Lipinski definition) is 0. The van der Waals surface area contributed by atoms with Crippen LogP contribution in [-0.2, 0) is 0 Å². The summed E-state index contributed by atoms with van der Waals surface area (Å²) in [6, 6.07) is 62.8. The first kappa shape index (κ1) is 31.5. The van der Waals surface area contributed by atoms with Crippen molar-refractivity contribution in [1.29, 1.82) is 0 Å². The van der Waals surface area contributed by atoms with E-state index < -0.39 is 0 Å². The minimum Gasteiger partial charge on any atom is -0.456 e. The molecule has 0 amide bonds. The molecule has 57 heavy (non-hydrogen) atoms. The summed E-state index contributed by atoms with van der Waals surface area (Å²) >= 11 is 0. The molecule has 8 aromatic carbocycles. The number of hydrogen-bond acceptors (Lipinski definition) is 5. The number of rotatable bonds is 5. The Kier molecular flexibility index (Phi) is 6.83. The molecular weight excluding hydrogens is 701 g/mol. The molecule has 0 aliphatic heterocycles. The molecule has 0 saturated carbocycles. The van der Waals surface area contributed by atoms with Crippen molar-refractivity contribution in [2.45, 2.75) is 0 Å². The summed E-state index contributed by atoms with van der Waals surface area (Å²) in [5, 5.41) is 6.54. The van der Waals surface area contributed by atoms with Crippen LogP contribution in [-0.4, -0.2) is 19.5 Å². The van der Waals surface area contributed by atoms with Crippen molar-refractivity contribution in [1.82, 2.24) is 19.5 Å². The Morgan fingerprint density at radius 2 is 0.789 bits per heavy atom. The first-order chi connectivity index (χ1) is 28.2. The van der Waals surface area contributed by atoms with E-state index in [2.05, 4.69) is 150 Å². The molecule has 0 fully saturated rings. The lowest BCUT2D eigenvalue weighted by Gasteiger charge is -2.09. The Balaban J connectivity index is 1.02. The SMILES string of the molecule is c1ccc(-c2ccc(-c3nc(-c4ccc5c(c4)oc4ccccc45)nc(-c4ccc5c(c4)oc4cc6c7ccccc7n(-c7ccccc7)c6cc45)n3)cc2)cc1. The van der Waals surface area contributed by atoms with Crippen molar-refractivity contribution in [3.05, 3.63) is 182 Å². The maximum absolute atomic E-state index is 6.66. The molecule has 0 saturated heterocycles. The number of aromatic nitrogens is 4. The Bertz CT molecular complexity index is 3510. The smallest absolute Gasteiger partial charge is 0.164 e. The maximum Gasteiger partial charge on any atom is 0.164 e. The summed E-state index contributed by atoms with van der Waals surface area (Å²) in [5.41, 5.74) is 11.5. The van der Waals surface area contributed by atoms with Gasteiger partial charge in [0, 0.05) is 54.7 Å². The zero-order valence-electron chi connectivity index (χ0n) is 30.4. The van der Waals surface area contributed by atoms with Crippen molar-refractivity contribution in [3.8, 4) is 51.0 Å². The van der Waals surface area contributed by atoms with Crippen LogP contribution < -0.4 is 0 Å². The third-order valence-electron chi connectivity index (χ3n) is 11.1. The third-order valence-corrected chi connectivity index (χ3v) is 11.1. The molecule has 266 valence electrons. The van der Waals surface area contributed by atoms with Gasteiger partial charge in [0.2, 0.25) is 0 Å². The lowest BCUT2D eigenvalue weighted by Crippen LogP contribution is -2.00. The minimum atomic E-state index is 0.556. The molecular formula is C51H30N4O2. The first-order valence-corrected chi connectivity index (χ1v) is 19.0. The summed E-state index contributed by atoms with van der Waals surface area (Å²) in [5.74, 6) is 1.70. The second-order valence-corrected chi connectivity index (χ2v) is 14.4. The van der Waals surface area contributed by atoms with Gasteiger partial charge in [-0.05, 0) is 71.8 Å². The second kappa shape index (κ2) is 12.3. The molecule has 6 heteroatoms. The molecule has 0 spiro atoms. The first-order valence-electron chi connectivity index (χ1n) is 19.0. The van der Waals surface area contributed by atoms with Crippen LogP contribution in [0.3, 0.4) is 0 Å². The van der Waals surface area contributed by atoms with Crippen LogP contribution in [0, 0.1) is 0 Å². The zero-order chi connectivity index (χ0) is 37.5. The Hall–Kier alpha value is -7.83. The summed E-state index contributed by atoms with van der Waals surface area (Å²) in [7, 11) is 0. The monoisotopic (exact) mass is 730 g/mol. The number of benzene rings is 8. The molecule has 0 aliphatic rings. The van der Waals surface area contributed by atoms with Gasteiger partial charge in [0.25, 0.3) is 0 Å². The van der Waals surface area contributed by atoms with Crippen LogP contribution >= 0.6 is 0 Å². The number of furan rings is 2.